The number of aryl methyl sites for hydroxylation is 3. The second kappa shape index (κ2) is 7.23. The number of anilines is 1. The van der Waals surface area contributed by atoms with Gasteiger partial charge in [-0.1, -0.05) is 19.1 Å². The second-order valence-electron chi connectivity index (χ2n) is 7.34. The molecule has 4 aromatic rings. The van der Waals surface area contributed by atoms with E-state index in [9.17, 15) is 18.0 Å². The molecule has 0 bridgehead atoms. The zero-order chi connectivity index (χ0) is 22.5. The predicted molar refractivity (Wildman–Crippen MR) is 115 cm³/mol. The largest absolute Gasteiger partial charge is 0.336 e. The Morgan fingerprint density at radius 3 is 2.39 bits per heavy atom. The molecule has 4 rings (SSSR count). The molecule has 0 aliphatic rings. The second-order valence-corrected chi connectivity index (χ2v) is 8.99. The van der Waals surface area contributed by atoms with Crippen molar-refractivity contribution in [3.63, 3.8) is 0 Å². The van der Waals surface area contributed by atoms with E-state index in [4.69, 9.17) is 0 Å². The topological polar surface area (TPSA) is 148 Å². The summed E-state index contributed by atoms with van der Waals surface area (Å²) in [6, 6.07) is 6.85. The van der Waals surface area contributed by atoms with Crippen molar-refractivity contribution in [2.75, 3.05) is 4.72 Å². The van der Waals surface area contributed by atoms with E-state index in [2.05, 4.69) is 24.8 Å². The highest BCUT2D eigenvalue weighted by Crippen LogP contribution is 2.25. The summed E-state index contributed by atoms with van der Waals surface area (Å²) in [5, 5.41) is 4.07. The molecule has 11 nitrogen and oxygen atoms in total. The molecule has 1 atom stereocenters. The Morgan fingerprint density at radius 1 is 1.10 bits per heavy atom. The van der Waals surface area contributed by atoms with Crippen molar-refractivity contribution >= 4 is 26.9 Å². The Labute approximate surface area is 176 Å². The number of nitrogens with one attached hydrogen (secondary N) is 3. The minimum atomic E-state index is -3.76. The minimum Gasteiger partial charge on any atom is -0.336 e. The summed E-state index contributed by atoms with van der Waals surface area (Å²) in [5.74, 6) is 0.286. The van der Waals surface area contributed by atoms with Gasteiger partial charge in [0.1, 0.15) is 16.2 Å². The number of aromatic amines is 2. The van der Waals surface area contributed by atoms with Gasteiger partial charge >= 0.3 is 5.69 Å². The first kappa shape index (κ1) is 20.6. The maximum atomic E-state index is 12.6. The number of nitrogens with zero attached hydrogens (tertiary/aromatic N) is 4. The van der Waals surface area contributed by atoms with Crippen LogP contribution in [0, 0.1) is 6.92 Å². The third-order valence-electron chi connectivity index (χ3n) is 5.10. The molecule has 1 unspecified atom stereocenters. The van der Waals surface area contributed by atoms with Gasteiger partial charge in [-0.15, -0.1) is 0 Å². The Balaban J connectivity index is 1.61. The van der Waals surface area contributed by atoms with Crippen LogP contribution in [0.2, 0.25) is 0 Å². The molecule has 162 valence electrons. The van der Waals surface area contributed by atoms with Crippen molar-refractivity contribution in [1.82, 2.24) is 29.3 Å². The van der Waals surface area contributed by atoms with Gasteiger partial charge in [0, 0.05) is 31.9 Å². The van der Waals surface area contributed by atoms with Crippen LogP contribution < -0.4 is 16.0 Å². The van der Waals surface area contributed by atoms with E-state index in [1.54, 1.807) is 38.2 Å². The van der Waals surface area contributed by atoms with Gasteiger partial charge in [0.25, 0.3) is 15.6 Å². The maximum Gasteiger partial charge on any atom is 0.329 e. The van der Waals surface area contributed by atoms with E-state index in [-0.39, 0.29) is 22.0 Å². The lowest BCUT2D eigenvalue weighted by molar-refractivity contribution is 0.600. The highest BCUT2D eigenvalue weighted by Gasteiger charge is 2.21. The van der Waals surface area contributed by atoms with Gasteiger partial charge in [-0.25, -0.2) is 18.2 Å². The average Bonchev–Trinajstić information content (AvgIpc) is 3.30. The van der Waals surface area contributed by atoms with Gasteiger partial charge in [-0.3, -0.25) is 23.7 Å². The van der Waals surface area contributed by atoms with Crippen LogP contribution in [-0.2, 0) is 24.1 Å². The molecule has 0 aliphatic heterocycles. The number of hydrogen-bond acceptors (Lipinski definition) is 6. The SMILES string of the molecule is Cc1nn(C)cc1S(=O)(=O)Nc1ccc(C(C)c2nc3c([nH]2)c(=O)[nH]c(=O)n3C)cc1. The highest BCUT2D eigenvalue weighted by atomic mass is 32.2. The van der Waals surface area contributed by atoms with Crippen molar-refractivity contribution < 1.29 is 8.42 Å². The first-order valence-electron chi connectivity index (χ1n) is 9.39. The number of imidazole rings is 1. The molecule has 31 heavy (non-hydrogen) atoms. The molecule has 3 N–H and O–H groups in total. The minimum absolute atomic E-state index is 0.116. The van der Waals surface area contributed by atoms with Crippen LogP contribution >= 0.6 is 0 Å². The Hall–Kier alpha value is -3.67. The summed E-state index contributed by atoms with van der Waals surface area (Å²) in [6.07, 6.45) is 1.45. The summed E-state index contributed by atoms with van der Waals surface area (Å²) >= 11 is 0. The molecule has 0 aliphatic carbocycles. The summed E-state index contributed by atoms with van der Waals surface area (Å²) in [4.78, 5) is 33.5. The van der Waals surface area contributed by atoms with Crippen molar-refractivity contribution in [3.05, 3.63) is 68.4 Å². The van der Waals surface area contributed by atoms with Gasteiger partial charge in [0.15, 0.2) is 5.65 Å². The normalized spacial score (nSPS) is 12.9. The van der Waals surface area contributed by atoms with E-state index < -0.39 is 21.3 Å². The molecule has 3 heterocycles. The summed E-state index contributed by atoms with van der Waals surface area (Å²) in [6.45, 7) is 3.52. The van der Waals surface area contributed by atoms with E-state index >= 15 is 0 Å². The fourth-order valence-electron chi connectivity index (χ4n) is 3.38. The molecule has 0 fully saturated rings. The van der Waals surface area contributed by atoms with E-state index in [1.807, 2.05) is 6.92 Å². The van der Waals surface area contributed by atoms with Crippen LogP contribution in [0.25, 0.3) is 11.2 Å². The van der Waals surface area contributed by atoms with Crippen LogP contribution in [0.15, 0.2) is 44.9 Å². The van der Waals surface area contributed by atoms with Crippen LogP contribution in [0.1, 0.15) is 29.9 Å². The van der Waals surface area contributed by atoms with Crippen LogP contribution in [0.3, 0.4) is 0 Å². The quantitative estimate of drug-likeness (QED) is 0.418. The first-order valence-corrected chi connectivity index (χ1v) is 10.9. The summed E-state index contributed by atoms with van der Waals surface area (Å²) in [7, 11) is -0.575. The van der Waals surface area contributed by atoms with Crippen LogP contribution in [0.4, 0.5) is 5.69 Å². The molecular weight excluding hydrogens is 422 g/mol. The van der Waals surface area contributed by atoms with Gasteiger partial charge < -0.3 is 4.98 Å². The fraction of sp³-hybridized carbons (Fsp3) is 0.263. The van der Waals surface area contributed by atoms with E-state index in [0.717, 1.165) is 5.56 Å². The van der Waals surface area contributed by atoms with E-state index in [1.165, 1.54) is 22.5 Å². The summed E-state index contributed by atoms with van der Waals surface area (Å²) in [5.41, 5.74) is 1.09. The maximum absolute atomic E-state index is 12.6. The number of hydrogen-bond donors (Lipinski definition) is 3. The molecule has 0 saturated heterocycles. The average molecular weight is 443 g/mol. The lowest BCUT2D eigenvalue weighted by atomic mass is 10.0. The third kappa shape index (κ3) is 3.65. The lowest BCUT2D eigenvalue weighted by Crippen LogP contribution is -2.28. The van der Waals surface area contributed by atoms with Gasteiger partial charge in [0.05, 0.1) is 5.69 Å². The molecule has 3 aromatic heterocycles. The van der Waals surface area contributed by atoms with Crippen molar-refractivity contribution in [3.8, 4) is 0 Å². The predicted octanol–water partition coefficient (Wildman–Crippen LogP) is 0.944. The van der Waals surface area contributed by atoms with Crippen molar-refractivity contribution in [2.45, 2.75) is 24.7 Å². The molecule has 0 saturated carbocycles. The van der Waals surface area contributed by atoms with Crippen molar-refractivity contribution in [1.29, 1.82) is 0 Å². The molecule has 0 spiro atoms. The number of aromatic nitrogens is 6. The molecule has 12 heteroatoms. The lowest BCUT2D eigenvalue weighted by Gasteiger charge is -2.11. The zero-order valence-corrected chi connectivity index (χ0v) is 18.1. The Kier molecular flexibility index (Phi) is 4.81. The van der Waals surface area contributed by atoms with Gasteiger partial charge in [0.2, 0.25) is 0 Å². The van der Waals surface area contributed by atoms with Crippen LogP contribution in [0.5, 0.6) is 0 Å². The monoisotopic (exact) mass is 443 g/mol. The number of benzene rings is 1. The number of H-pyrrole nitrogens is 2. The molecule has 0 radical (unpaired) electrons. The van der Waals surface area contributed by atoms with Gasteiger partial charge in [-0.2, -0.15) is 5.10 Å². The Bertz CT molecular complexity index is 1510. The number of fused-ring (bicyclic) bond motifs is 1. The summed E-state index contributed by atoms with van der Waals surface area (Å²) < 4.78 is 30.5. The molecule has 1 aromatic carbocycles. The smallest absolute Gasteiger partial charge is 0.329 e. The van der Waals surface area contributed by atoms with E-state index in [0.29, 0.717) is 17.2 Å². The first-order chi connectivity index (χ1) is 14.6. The van der Waals surface area contributed by atoms with Crippen molar-refractivity contribution in [2.24, 2.45) is 14.1 Å². The highest BCUT2D eigenvalue weighted by molar-refractivity contribution is 7.92. The Morgan fingerprint density at radius 2 is 1.77 bits per heavy atom. The van der Waals surface area contributed by atoms with Crippen LogP contribution in [-0.4, -0.2) is 37.7 Å². The molecular formula is C19H21N7O4S. The zero-order valence-electron chi connectivity index (χ0n) is 17.3. The fourth-order valence-corrected chi connectivity index (χ4v) is 4.65. The third-order valence-corrected chi connectivity index (χ3v) is 6.59. The number of sulfonamides is 1. The molecule has 0 amide bonds. The number of rotatable bonds is 5. The van der Waals surface area contributed by atoms with Gasteiger partial charge in [-0.05, 0) is 24.6 Å². The standard InChI is InChI=1S/C19H21N7O4S/c1-10(16-20-15-17(21-16)26(4)19(28)22-18(15)27)12-5-7-13(8-6-12)24-31(29,30)14-9-25(3)23-11(14)2/h5-10,24H,1-4H3,(H,20,21)(H,22,27,28).